The van der Waals surface area contributed by atoms with Gasteiger partial charge < -0.3 is 30.6 Å². The minimum atomic E-state index is -2.36. The number of carboxylic acids is 3. The van der Waals surface area contributed by atoms with E-state index in [0.717, 1.165) is 0 Å². The zero-order valence-electron chi connectivity index (χ0n) is 9.49. The number of nitrogens with two attached hydrogens (primary N) is 1. The molecule has 96 valence electrons. The van der Waals surface area contributed by atoms with Crippen molar-refractivity contribution in [2.75, 3.05) is 0 Å². The Morgan fingerprint density at radius 2 is 1.61 bits per heavy atom. The van der Waals surface area contributed by atoms with E-state index in [1.807, 2.05) is 0 Å². The van der Waals surface area contributed by atoms with Gasteiger partial charge in [-0.3, -0.25) is 4.79 Å². The molecule has 4 N–H and O–H groups in total. The van der Waals surface area contributed by atoms with Gasteiger partial charge in [-0.15, -0.1) is 0 Å². The Bertz CT molecular complexity index is 330. The minimum Gasteiger partial charge on any atom is -0.550 e. The second kappa shape index (κ2) is 8.86. The number of rotatable bonds is 7. The Hall–Kier alpha value is -1.16. The molecule has 0 radical (unpaired) electrons. The third kappa shape index (κ3) is 7.22. The van der Waals surface area contributed by atoms with Crippen molar-refractivity contribution in [1.29, 1.82) is 0 Å². The molecule has 0 aromatic heterocycles. The number of hydrogen-bond acceptors (Lipinski definition) is 7. The van der Waals surface area contributed by atoms with E-state index in [9.17, 15) is 24.3 Å². The molecule has 9 nitrogen and oxygen atoms in total. The summed E-state index contributed by atoms with van der Waals surface area (Å²) in [6.45, 7) is 0. The molecule has 0 saturated carbocycles. The molecule has 0 rings (SSSR count). The average Bonchev–Trinajstić information content (AvgIpc) is 2.20. The Morgan fingerprint density at radius 3 is 1.94 bits per heavy atom. The fraction of sp³-hybridized carbons (Fsp3) is 0.500. The molecular weight excluding hydrogens is 261 g/mol. The van der Waals surface area contributed by atoms with Gasteiger partial charge in [0.05, 0.1) is 0 Å². The number of carbonyl (C=O) groups excluding carboxylic acids is 2. The predicted molar refractivity (Wildman–Crippen MR) is 47.4 cm³/mol. The molecule has 0 spiro atoms. The second-order valence-electron chi connectivity index (χ2n) is 3.01. The third-order valence-electron chi connectivity index (χ3n) is 1.64. The fourth-order valence-electron chi connectivity index (χ4n) is 0.801. The molecule has 1 atom stereocenters. The van der Waals surface area contributed by atoms with Gasteiger partial charge in [0.25, 0.3) is 6.10 Å². The molecule has 1 unspecified atom stereocenters. The van der Waals surface area contributed by atoms with E-state index in [1.54, 1.807) is 0 Å². The average molecular weight is 271 g/mol. The molecular formula is C8H10NNaO8. The first kappa shape index (κ1) is 19.2. The molecule has 0 aromatic rings. The first-order valence-electron chi connectivity index (χ1n) is 4.37. The van der Waals surface area contributed by atoms with Crippen LogP contribution in [0.2, 0.25) is 0 Å². The van der Waals surface area contributed by atoms with Crippen molar-refractivity contribution in [2.24, 2.45) is 5.73 Å². The van der Waals surface area contributed by atoms with E-state index in [0.29, 0.717) is 0 Å². The van der Waals surface area contributed by atoms with Gasteiger partial charge in [-0.05, 0) is 12.8 Å². The van der Waals surface area contributed by atoms with Crippen molar-refractivity contribution in [2.45, 2.75) is 25.0 Å². The van der Waals surface area contributed by atoms with Crippen LogP contribution in [0.25, 0.3) is 0 Å². The summed E-state index contributed by atoms with van der Waals surface area (Å²) in [6.07, 6.45) is -3.23. The Balaban J connectivity index is 0. The van der Waals surface area contributed by atoms with Gasteiger partial charge in [0, 0.05) is 5.97 Å². The SMILES string of the molecule is NC(CCC(=O)[O-])C(=O)OC(C(=O)O)C(=O)O.[Na+]. The molecule has 0 aliphatic carbocycles. The molecule has 0 bridgehead atoms. The molecule has 0 amide bonds. The first-order valence-corrected chi connectivity index (χ1v) is 4.37. The van der Waals surface area contributed by atoms with Crippen molar-refractivity contribution >= 4 is 23.9 Å². The van der Waals surface area contributed by atoms with E-state index in [-0.39, 0.29) is 36.0 Å². The van der Waals surface area contributed by atoms with Gasteiger partial charge in [0.1, 0.15) is 6.04 Å². The molecule has 0 saturated heterocycles. The van der Waals surface area contributed by atoms with Gasteiger partial charge >= 0.3 is 47.5 Å². The number of aliphatic carboxylic acids is 3. The van der Waals surface area contributed by atoms with Crippen molar-refractivity contribution in [3.8, 4) is 0 Å². The molecule has 10 heteroatoms. The molecule has 0 fully saturated rings. The number of esters is 1. The molecule has 0 aliphatic rings. The van der Waals surface area contributed by atoms with Crippen LogP contribution in [0.5, 0.6) is 0 Å². The summed E-state index contributed by atoms with van der Waals surface area (Å²) >= 11 is 0. The largest absolute Gasteiger partial charge is 1.00 e. The van der Waals surface area contributed by atoms with Crippen molar-refractivity contribution in [3.05, 3.63) is 0 Å². The zero-order chi connectivity index (χ0) is 13.6. The molecule has 18 heavy (non-hydrogen) atoms. The van der Waals surface area contributed by atoms with Crippen LogP contribution in [-0.2, 0) is 23.9 Å². The standard InChI is InChI=1S/C8H11NO8.Na/c9-3(1-2-4(10)11)8(16)17-5(6(12)13)7(14)15;/h3,5H,1-2,9H2,(H,10,11)(H,12,13)(H,14,15);/q;+1/p-1. The van der Waals surface area contributed by atoms with Crippen LogP contribution in [0.3, 0.4) is 0 Å². The monoisotopic (exact) mass is 271 g/mol. The summed E-state index contributed by atoms with van der Waals surface area (Å²) in [4.78, 5) is 41.9. The summed E-state index contributed by atoms with van der Waals surface area (Å²) in [5.74, 6) is -6.47. The normalized spacial score (nSPS) is 11.2. The fourth-order valence-corrected chi connectivity index (χ4v) is 0.801. The third-order valence-corrected chi connectivity index (χ3v) is 1.64. The minimum absolute atomic E-state index is 0. The van der Waals surface area contributed by atoms with Crippen LogP contribution < -0.4 is 40.4 Å². The Kier molecular flexibility index (Phi) is 9.45. The van der Waals surface area contributed by atoms with Crippen molar-refractivity contribution < 1.29 is 68.8 Å². The van der Waals surface area contributed by atoms with E-state index in [2.05, 4.69) is 4.74 Å². The summed E-state index contributed by atoms with van der Waals surface area (Å²) in [7, 11) is 0. The number of ether oxygens (including phenoxy) is 1. The maximum Gasteiger partial charge on any atom is 1.00 e. The summed E-state index contributed by atoms with van der Waals surface area (Å²) in [6, 6.07) is -1.42. The second-order valence-corrected chi connectivity index (χ2v) is 3.01. The number of hydrogen-bond donors (Lipinski definition) is 3. The number of carbonyl (C=O) groups is 4. The van der Waals surface area contributed by atoms with Gasteiger partial charge in [-0.1, -0.05) is 0 Å². The summed E-state index contributed by atoms with van der Waals surface area (Å²) in [5, 5.41) is 26.8. The number of carboxylic acid groups (broad SMARTS) is 3. The summed E-state index contributed by atoms with van der Waals surface area (Å²) < 4.78 is 4.09. The van der Waals surface area contributed by atoms with Crippen LogP contribution in [0.1, 0.15) is 12.8 Å². The van der Waals surface area contributed by atoms with E-state index < -0.39 is 42.4 Å². The maximum atomic E-state index is 11.1. The zero-order valence-corrected chi connectivity index (χ0v) is 11.5. The first-order chi connectivity index (χ1) is 7.75. The quantitative estimate of drug-likeness (QED) is 0.232. The van der Waals surface area contributed by atoms with Crippen molar-refractivity contribution in [1.82, 2.24) is 0 Å². The van der Waals surface area contributed by atoms with Crippen LogP contribution in [0.15, 0.2) is 0 Å². The van der Waals surface area contributed by atoms with Gasteiger partial charge in [0.2, 0.25) is 0 Å². The topological polar surface area (TPSA) is 167 Å². The predicted octanol–water partition coefficient (Wildman–Crippen LogP) is -6.07. The summed E-state index contributed by atoms with van der Waals surface area (Å²) in [5.41, 5.74) is 5.16. The van der Waals surface area contributed by atoms with E-state index in [1.165, 1.54) is 0 Å². The van der Waals surface area contributed by atoms with Crippen molar-refractivity contribution in [3.63, 3.8) is 0 Å². The van der Waals surface area contributed by atoms with Crippen LogP contribution >= 0.6 is 0 Å². The molecule has 0 aliphatic heterocycles. The smallest absolute Gasteiger partial charge is 0.550 e. The van der Waals surface area contributed by atoms with E-state index in [4.69, 9.17) is 15.9 Å². The van der Waals surface area contributed by atoms with Crippen LogP contribution in [0.4, 0.5) is 0 Å². The van der Waals surface area contributed by atoms with Crippen LogP contribution in [0, 0.1) is 0 Å². The van der Waals surface area contributed by atoms with Gasteiger partial charge in [-0.2, -0.15) is 0 Å². The molecule has 0 aromatic carbocycles. The van der Waals surface area contributed by atoms with Gasteiger partial charge in [-0.25, -0.2) is 9.59 Å². The maximum absolute atomic E-state index is 11.1. The Morgan fingerprint density at radius 1 is 1.17 bits per heavy atom. The van der Waals surface area contributed by atoms with Gasteiger partial charge in [0.15, 0.2) is 0 Å². The Labute approximate surface area is 123 Å². The molecule has 0 heterocycles. The van der Waals surface area contributed by atoms with Crippen LogP contribution in [-0.4, -0.2) is 46.2 Å². The van der Waals surface area contributed by atoms with E-state index >= 15 is 0 Å².